The van der Waals surface area contributed by atoms with Crippen molar-refractivity contribution in [3.63, 3.8) is 0 Å². The van der Waals surface area contributed by atoms with Gasteiger partial charge in [-0.15, -0.1) is 0 Å². The van der Waals surface area contributed by atoms with Crippen LogP contribution in [0.25, 0.3) is 0 Å². The number of carbonyl (C=O) groups excluding carboxylic acids is 4. The third kappa shape index (κ3) is 5.77. The minimum atomic E-state index is -0.967. The monoisotopic (exact) mass is 448 g/mol. The highest BCUT2D eigenvalue weighted by molar-refractivity contribution is 6.24. The van der Waals surface area contributed by atoms with Crippen LogP contribution in [0.1, 0.15) is 45.5 Å². The number of amides is 4. The van der Waals surface area contributed by atoms with Crippen LogP contribution >= 0.6 is 0 Å². The number of ether oxygens (including phenoxy) is 3. The highest BCUT2D eigenvalue weighted by Gasteiger charge is 2.45. The van der Waals surface area contributed by atoms with Gasteiger partial charge in [-0.2, -0.15) is 0 Å². The predicted molar refractivity (Wildman–Crippen MR) is 111 cm³/mol. The first-order chi connectivity index (χ1) is 15.5. The van der Waals surface area contributed by atoms with Gasteiger partial charge < -0.3 is 19.3 Å². The molecular weight excluding hydrogens is 420 g/mol. The number of benzene rings is 1. The van der Waals surface area contributed by atoms with Crippen LogP contribution in [-0.2, 0) is 30.2 Å². The Balaban J connectivity index is 1.47. The number of aliphatic hydroxyl groups is 1. The molecule has 1 aromatic carbocycles. The maximum atomic E-state index is 13.0. The summed E-state index contributed by atoms with van der Waals surface area (Å²) in [5.74, 6) is -2.01. The van der Waals surface area contributed by atoms with Gasteiger partial charge in [0.25, 0.3) is 11.8 Å². The molecule has 4 amide bonds. The second kappa shape index (κ2) is 11.8. The van der Waals surface area contributed by atoms with Crippen molar-refractivity contribution >= 4 is 23.6 Å². The second-order valence-corrected chi connectivity index (χ2v) is 7.45. The molecular formula is C22H28N2O8. The van der Waals surface area contributed by atoms with Gasteiger partial charge in [0.05, 0.1) is 50.8 Å². The van der Waals surface area contributed by atoms with Crippen LogP contribution < -0.4 is 5.32 Å². The molecule has 10 nitrogen and oxygen atoms in total. The van der Waals surface area contributed by atoms with Crippen molar-refractivity contribution in [3.8, 4) is 0 Å². The van der Waals surface area contributed by atoms with E-state index in [9.17, 15) is 19.2 Å². The Kier molecular flexibility index (Phi) is 8.86. The first kappa shape index (κ1) is 24.0. The number of carbonyl (C=O) groups is 4. The van der Waals surface area contributed by atoms with Gasteiger partial charge in [-0.05, 0) is 30.9 Å². The highest BCUT2D eigenvalue weighted by Crippen LogP contribution is 2.30. The summed E-state index contributed by atoms with van der Waals surface area (Å²) in [6.07, 6.45) is 1.42. The van der Waals surface area contributed by atoms with Crippen molar-refractivity contribution in [2.45, 2.75) is 31.7 Å². The molecule has 3 rings (SSSR count). The largest absolute Gasteiger partial charge is 0.394 e. The molecule has 10 heteroatoms. The zero-order chi connectivity index (χ0) is 22.9. The van der Waals surface area contributed by atoms with Gasteiger partial charge in [0.15, 0.2) is 0 Å². The fraction of sp³-hybridized carbons (Fsp3) is 0.545. The van der Waals surface area contributed by atoms with Gasteiger partial charge in [0, 0.05) is 13.0 Å². The van der Waals surface area contributed by atoms with Crippen molar-refractivity contribution in [1.82, 2.24) is 10.2 Å². The highest BCUT2D eigenvalue weighted by atomic mass is 16.5. The van der Waals surface area contributed by atoms with Crippen molar-refractivity contribution in [3.05, 3.63) is 34.9 Å². The number of piperidine rings is 1. The van der Waals surface area contributed by atoms with E-state index in [1.165, 1.54) is 0 Å². The molecule has 2 N–H and O–H groups in total. The standard InChI is InChI=1S/C22H28N2O8/c25-8-10-31-12-14-32-13-11-30-9-2-4-15-3-1-5-16-19(15)22(29)24(21(16)28)17-6-7-18(26)23-20(17)27/h1,3,5,17,25H,2,4,6-14H2,(H,23,26,27). The molecule has 0 spiro atoms. The van der Waals surface area contributed by atoms with E-state index < -0.39 is 29.7 Å². The lowest BCUT2D eigenvalue weighted by Gasteiger charge is -2.27. The molecule has 1 fully saturated rings. The van der Waals surface area contributed by atoms with Crippen LogP contribution in [-0.4, -0.2) is 85.9 Å². The number of nitrogens with zero attached hydrogens (tertiary/aromatic N) is 1. The van der Waals surface area contributed by atoms with Crippen molar-refractivity contribution in [2.24, 2.45) is 0 Å². The number of rotatable bonds is 13. The molecule has 1 saturated heterocycles. The van der Waals surface area contributed by atoms with Gasteiger partial charge in [0.1, 0.15) is 6.04 Å². The predicted octanol–water partition coefficient (Wildman–Crippen LogP) is 0.0625. The summed E-state index contributed by atoms with van der Waals surface area (Å²) in [5, 5.41) is 10.8. The summed E-state index contributed by atoms with van der Waals surface area (Å²) in [7, 11) is 0. The Labute approximate surface area is 185 Å². The molecule has 2 aliphatic rings. The summed E-state index contributed by atoms with van der Waals surface area (Å²) in [5.41, 5.74) is 1.35. The molecule has 1 unspecified atom stereocenters. The van der Waals surface area contributed by atoms with Gasteiger partial charge in [0.2, 0.25) is 11.8 Å². The Morgan fingerprint density at radius 1 is 0.938 bits per heavy atom. The van der Waals surface area contributed by atoms with E-state index >= 15 is 0 Å². The average Bonchev–Trinajstić information content (AvgIpc) is 3.03. The average molecular weight is 448 g/mol. The third-order valence-corrected chi connectivity index (χ3v) is 5.27. The van der Waals surface area contributed by atoms with E-state index in [2.05, 4.69) is 5.32 Å². The van der Waals surface area contributed by atoms with Gasteiger partial charge in [-0.25, -0.2) is 0 Å². The Hall–Kier alpha value is -2.66. The molecule has 2 heterocycles. The van der Waals surface area contributed by atoms with Crippen molar-refractivity contribution in [1.29, 1.82) is 0 Å². The Morgan fingerprint density at radius 2 is 1.62 bits per heavy atom. The Morgan fingerprint density at radius 3 is 2.31 bits per heavy atom. The zero-order valence-electron chi connectivity index (χ0n) is 17.8. The van der Waals surface area contributed by atoms with E-state index in [0.717, 1.165) is 10.5 Å². The number of aliphatic hydroxyl groups excluding tert-OH is 1. The summed E-state index contributed by atoms with van der Waals surface area (Å²) in [6.45, 7) is 2.45. The van der Waals surface area contributed by atoms with E-state index in [1.807, 2.05) is 0 Å². The molecule has 0 bridgehead atoms. The van der Waals surface area contributed by atoms with E-state index in [4.69, 9.17) is 19.3 Å². The number of fused-ring (bicyclic) bond motifs is 1. The summed E-state index contributed by atoms with van der Waals surface area (Å²) < 4.78 is 16.0. The maximum absolute atomic E-state index is 13.0. The lowest BCUT2D eigenvalue weighted by atomic mass is 9.99. The number of hydrogen-bond donors (Lipinski definition) is 2. The summed E-state index contributed by atoms with van der Waals surface area (Å²) in [6, 6.07) is 4.14. The molecule has 32 heavy (non-hydrogen) atoms. The second-order valence-electron chi connectivity index (χ2n) is 7.45. The molecule has 1 atom stereocenters. The lowest BCUT2D eigenvalue weighted by Crippen LogP contribution is -2.54. The zero-order valence-corrected chi connectivity index (χ0v) is 17.8. The van der Waals surface area contributed by atoms with Crippen LogP contribution in [0.5, 0.6) is 0 Å². The van der Waals surface area contributed by atoms with Crippen LogP contribution in [0, 0.1) is 0 Å². The van der Waals surface area contributed by atoms with Gasteiger partial charge in [-0.3, -0.25) is 29.4 Å². The molecule has 0 saturated carbocycles. The van der Waals surface area contributed by atoms with Crippen LogP contribution in [0.4, 0.5) is 0 Å². The van der Waals surface area contributed by atoms with E-state index in [1.54, 1.807) is 18.2 Å². The van der Waals surface area contributed by atoms with Gasteiger partial charge in [-0.1, -0.05) is 12.1 Å². The fourth-order valence-corrected chi connectivity index (χ4v) is 3.76. The smallest absolute Gasteiger partial charge is 0.262 e. The molecule has 0 aromatic heterocycles. The first-order valence-electron chi connectivity index (χ1n) is 10.7. The van der Waals surface area contributed by atoms with Crippen molar-refractivity contribution < 1.29 is 38.5 Å². The van der Waals surface area contributed by atoms with E-state index in [0.29, 0.717) is 58.0 Å². The maximum Gasteiger partial charge on any atom is 0.262 e. The van der Waals surface area contributed by atoms with Crippen molar-refractivity contribution in [2.75, 3.05) is 46.2 Å². The molecule has 0 radical (unpaired) electrons. The SMILES string of the molecule is O=C1CCC(N2C(=O)c3cccc(CCCOCCOCCOCCO)c3C2=O)C(=O)N1. The normalized spacial score (nSPS) is 18.3. The van der Waals surface area contributed by atoms with E-state index in [-0.39, 0.29) is 25.0 Å². The summed E-state index contributed by atoms with van der Waals surface area (Å²) >= 11 is 0. The van der Waals surface area contributed by atoms with Gasteiger partial charge >= 0.3 is 0 Å². The molecule has 0 aliphatic carbocycles. The lowest BCUT2D eigenvalue weighted by molar-refractivity contribution is -0.136. The fourth-order valence-electron chi connectivity index (χ4n) is 3.76. The minimum Gasteiger partial charge on any atom is -0.394 e. The molecule has 2 aliphatic heterocycles. The number of aryl methyl sites for hydroxylation is 1. The van der Waals surface area contributed by atoms with Crippen LogP contribution in [0.2, 0.25) is 0 Å². The topological polar surface area (TPSA) is 131 Å². The molecule has 174 valence electrons. The number of hydrogen-bond acceptors (Lipinski definition) is 8. The minimum absolute atomic E-state index is 0.0115. The number of nitrogens with one attached hydrogen (secondary N) is 1. The Bertz CT molecular complexity index is 856. The quantitative estimate of drug-likeness (QED) is 0.320. The third-order valence-electron chi connectivity index (χ3n) is 5.27. The first-order valence-corrected chi connectivity index (χ1v) is 10.7. The number of imide groups is 2. The summed E-state index contributed by atoms with van der Waals surface area (Å²) in [4.78, 5) is 50.4. The van der Waals surface area contributed by atoms with Crippen LogP contribution in [0.3, 0.4) is 0 Å². The molecule has 1 aromatic rings. The van der Waals surface area contributed by atoms with Crippen LogP contribution in [0.15, 0.2) is 18.2 Å².